The minimum absolute atomic E-state index is 0.144. The van der Waals surface area contributed by atoms with Crippen molar-refractivity contribution < 1.29 is 4.39 Å². The number of piperazine rings is 1. The van der Waals surface area contributed by atoms with Crippen molar-refractivity contribution in [3.05, 3.63) is 95.7 Å². The maximum atomic E-state index is 13.3. The molecule has 1 atom stereocenters. The van der Waals surface area contributed by atoms with Crippen molar-refractivity contribution in [1.29, 1.82) is 0 Å². The number of benzene rings is 2. The van der Waals surface area contributed by atoms with Crippen molar-refractivity contribution >= 4 is 16.6 Å². The number of hydrogen-bond donors (Lipinski definition) is 1. The van der Waals surface area contributed by atoms with Crippen LogP contribution in [0.4, 0.5) is 10.1 Å². The number of para-hydroxylation sites is 1. The van der Waals surface area contributed by atoms with Crippen molar-refractivity contribution in [3.8, 4) is 0 Å². The van der Waals surface area contributed by atoms with Crippen molar-refractivity contribution in [2.75, 3.05) is 31.1 Å². The fourth-order valence-electron chi connectivity index (χ4n) is 4.64. The lowest BCUT2D eigenvalue weighted by molar-refractivity contribution is 0.212. The topological polar surface area (TPSA) is 35.2 Å². The Morgan fingerprint density at radius 2 is 1.70 bits per heavy atom. The number of nitrogens with zero attached hydrogens (tertiary/aromatic N) is 3. The van der Waals surface area contributed by atoms with Crippen molar-refractivity contribution in [2.24, 2.45) is 0 Å². The molecule has 2 aromatic carbocycles. The lowest BCUT2D eigenvalue weighted by atomic mass is 9.95. The standard InChI is InChI=1S/C25H25FN4/c1-18-24(22-6-2-3-7-23(22)28-18)25(19-5-4-12-27-17-19)30-15-13-29(14-16-30)21-10-8-20(26)9-11-21/h2-12,17,25,28H,13-16H2,1H3/t25-/m1/s1. The van der Waals surface area contributed by atoms with Crippen molar-refractivity contribution in [1.82, 2.24) is 14.9 Å². The van der Waals surface area contributed by atoms with E-state index >= 15 is 0 Å². The number of H-pyrrole nitrogens is 1. The Morgan fingerprint density at radius 1 is 0.933 bits per heavy atom. The molecule has 4 nitrogen and oxygen atoms in total. The Labute approximate surface area is 176 Å². The summed E-state index contributed by atoms with van der Waals surface area (Å²) in [6.45, 7) is 5.83. The van der Waals surface area contributed by atoms with Gasteiger partial charge in [0.15, 0.2) is 0 Å². The first-order valence-electron chi connectivity index (χ1n) is 10.4. The average Bonchev–Trinajstić information content (AvgIpc) is 3.12. The zero-order chi connectivity index (χ0) is 20.5. The Kier molecular flexibility index (Phi) is 4.97. The van der Waals surface area contributed by atoms with Crippen LogP contribution in [0, 0.1) is 12.7 Å². The highest BCUT2D eigenvalue weighted by Gasteiger charge is 2.29. The van der Waals surface area contributed by atoms with Gasteiger partial charge in [0.2, 0.25) is 0 Å². The smallest absolute Gasteiger partial charge is 0.123 e. The average molecular weight is 401 g/mol. The van der Waals surface area contributed by atoms with Crippen LogP contribution in [-0.4, -0.2) is 41.0 Å². The molecule has 5 rings (SSSR count). The van der Waals surface area contributed by atoms with E-state index in [0.717, 1.165) is 31.9 Å². The third-order valence-corrected chi connectivity index (χ3v) is 6.09. The van der Waals surface area contributed by atoms with Gasteiger partial charge in [-0.3, -0.25) is 9.88 Å². The molecule has 0 saturated carbocycles. The van der Waals surface area contributed by atoms with Crippen LogP contribution in [0.25, 0.3) is 10.9 Å². The Balaban J connectivity index is 1.48. The molecule has 0 radical (unpaired) electrons. The maximum absolute atomic E-state index is 13.3. The third kappa shape index (κ3) is 3.46. The van der Waals surface area contributed by atoms with E-state index in [1.54, 1.807) is 0 Å². The molecule has 2 aromatic heterocycles. The number of fused-ring (bicyclic) bond motifs is 1. The van der Waals surface area contributed by atoms with Gasteiger partial charge in [0.1, 0.15) is 5.82 Å². The molecule has 1 saturated heterocycles. The van der Waals surface area contributed by atoms with E-state index in [1.165, 1.54) is 39.9 Å². The molecule has 1 fully saturated rings. The highest BCUT2D eigenvalue weighted by Crippen LogP contribution is 2.36. The second-order valence-corrected chi connectivity index (χ2v) is 7.90. The van der Waals surface area contributed by atoms with Crippen LogP contribution in [0.15, 0.2) is 73.1 Å². The summed E-state index contributed by atoms with van der Waals surface area (Å²) in [5.74, 6) is -0.191. The van der Waals surface area contributed by atoms with Crippen LogP contribution in [0.3, 0.4) is 0 Å². The van der Waals surface area contributed by atoms with Gasteiger partial charge in [0.25, 0.3) is 0 Å². The number of rotatable bonds is 4. The molecule has 30 heavy (non-hydrogen) atoms. The summed E-state index contributed by atoms with van der Waals surface area (Å²) < 4.78 is 13.3. The maximum Gasteiger partial charge on any atom is 0.123 e. The minimum Gasteiger partial charge on any atom is -0.369 e. The molecule has 0 aliphatic carbocycles. The van der Waals surface area contributed by atoms with Gasteiger partial charge in [-0.25, -0.2) is 4.39 Å². The number of aryl methyl sites for hydroxylation is 1. The third-order valence-electron chi connectivity index (χ3n) is 6.09. The summed E-state index contributed by atoms with van der Waals surface area (Å²) in [7, 11) is 0. The largest absolute Gasteiger partial charge is 0.369 e. The first kappa shape index (κ1) is 18.8. The molecule has 1 aliphatic rings. The van der Waals surface area contributed by atoms with Gasteiger partial charge < -0.3 is 9.88 Å². The van der Waals surface area contributed by atoms with E-state index in [4.69, 9.17) is 0 Å². The molecule has 0 spiro atoms. The van der Waals surface area contributed by atoms with Crippen LogP contribution in [-0.2, 0) is 0 Å². The summed E-state index contributed by atoms with van der Waals surface area (Å²) in [5, 5.41) is 1.27. The summed E-state index contributed by atoms with van der Waals surface area (Å²) in [4.78, 5) is 12.8. The quantitative estimate of drug-likeness (QED) is 0.528. The van der Waals surface area contributed by atoms with Gasteiger partial charge >= 0.3 is 0 Å². The Morgan fingerprint density at radius 3 is 2.43 bits per heavy atom. The summed E-state index contributed by atoms with van der Waals surface area (Å²) in [6.07, 6.45) is 3.81. The van der Waals surface area contributed by atoms with E-state index in [-0.39, 0.29) is 11.9 Å². The first-order chi connectivity index (χ1) is 14.7. The number of aromatic nitrogens is 2. The number of halogens is 1. The van der Waals surface area contributed by atoms with Crippen LogP contribution in [0.2, 0.25) is 0 Å². The molecule has 0 bridgehead atoms. The number of pyridine rings is 1. The number of nitrogens with one attached hydrogen (secondary N) is 1. The predicted octanol–water partition coefficient (Wildman–Crippen LogP) is 4.92. The molecule has 152 valence electrons. The highest BCUT2D eigenvalue weighted by atomic mass is 19.1. The second kappa shape index (κ2) is 7.92. The minimum atomic E-state index is -0.191. The molecule has 3 heterocycles. The fourth-order valence-corrected chi connectivity index (χ4v) is 4.64. The van der Waals surface area contributed by atoms with E-state index in [2.05, 4.69) is 57.0 Å². The van der Waals surface area contributed by atoms with E-state index in [9.17, 15) is 4.39 Å². The van der Waals surface area contributed by atoms with Crippen LogP contribution in [0.1, 0.15) is 22.9 Å². The van der Waals surface area contributed by atoms with Gasteiger partial charge in [-0.1, -0.05) is 24.3 Å². The Hall–Kier alpha value is -3.18. The van der Waals surface area contributed by atoms with E-state index in [0.29, 0.717) is 0 Å². The number of anilines is 1. The molecule has 5 heteroatoms. The van der Waals surface area contributed by atoms with Crippen LogP contribution < -0.4 is 4.90 Å². The van der Waals surface area contributed by atoms with Crippen LogP contribution >= 0.6 is 0 Å². The lowest BCUT2D eigenvalue weighted by Gasteiger charge is -2.40. The van der Waals surface area contributed by atoms with Gasteiger partial charge in [-0.15, -0.1) is 0 Å². The monoisotopic (exact) mass is 400 g/mol. The zero-order valence-corrected chi connectivity index (χ0v) is 17.1. The molecule has 1 aliphatic heterocycles. The van der Waals surface area contributed by atoms with Crippen molar-refractivity contribution in [3.63, 3.8) is 0 Å². The molecule has 0 unspecified atom stereocenters. The predicted molar refractivity (Wildman–Crippen MR) is 119 cm³/mol. The summed E-state index contributed by atoms with van der Waals surface area (Å²) in [5.41, 5.74) is 5.99. The first-order valence-corrected chi connectivity index (χ1v) is 10.4. The van der Waals surface area contributed by atoms with Gasteiger partial charge in [0.05, 0.1) is 6.04 Å². The normalized spacial score (nSPS) is 16.1. The van der Waals surface area contributed by atoms with Crippen molar-refractivity contribution in [2.45, 2.75) is 13.0 Å². The fraction of sp³-hybridized carbons (Fsp3) is 0.240. The van der Waals surface area contributed by atoms with E-state index in [1.807, 2.05) is 30.6 Å². The second-order valence-electron chi connectivity index (χ2n) is 7.90. The van der Waals surface area contributed by atoms with Gasteiger partial charge in [-0.2, -0.15) is 0 Å². The Bertz CT molecular complexity index is 1130. The lowest BCUT2D eigenvalue weighted by Crippen LogP contribution is -2.48. The van der Waals surface area contributed by atoms with E-state index < -0.39 is 0 Å². The molecule has 0 amide bonds. The summed E-state index contributed by atoms with van der Waals surface area (Å²) >= 11 is 0. The molecule has 1 N–H and O–H groups in total. The SMILES string of the molecule is Cc1[nH]c2ccccc2c1[C@@H](c1cccnc1)N1CCN(c2ccc(F)cc2)CC1. The molecule has 4 aromatic rings. The number of aromatic amines is 1. The zero-order valence-electron chi connectivity index (χ0n) is 17.1. The molecular weight excluding hydrogens is 375 g/mol. The molecular formula is C25H25FN4. The highest BCUT2D eigenvalue weighted by molar-refractivity contribution is 5.85. The van der Waals surface area contributed by atoms with Gasteiger partial charge in [-0.05, 0) is 48.9 Å². The summed E-state index contributed by atoms with van der Waals surface area (Å²) in [6, 6.07) is 19.7. The van der Waals surface area contributed by atoms with Gasteiger partial charge in [0, 0.05) is 66.4 Å². The number of hydrogen-bond acceptors (Lipinski definition) is 3. The van der Waals surface area contributed by atoms with Crippen LogP contribution in [0.5, 0.6) is 0 Å².